The van der Waals surface area contributed by atoms with E-state index in [1.54, 1.807) is 13.4 Å². The third kappa shape index (κ3) is 3.94. The Balaban J connectivity index is 2.79. The summed E-state index contributed by atoms with van der Waals surface area (Å²) >= 11 is 0. The maximum Gasteiger partial charge on any atom is 0.219 e. The van der Waals surface area contributed by atoms with Gasteiger partial charge in [0.2, 0.25) is 5.88 Å². The summed E-state index contributed by atoms with van der Waals surface area (Å²) in [5.74, 6) is 0.671. The number of rotatable bonds is 7. The summed E-state index contributed by atoms with van der Waals surface area (Å²) in [7, 11) is 3.62. The average molecular weight is 239 g/mol. The summed E-state index contributed by atoms with van der Waals surface area (Å²) in [6, 6.07) is 0.253. The predicted molar refractivity (Wildman–Crippen MR) is 66.4 cm³/mol. The van der Waals surface area contributed by atoms with Crippen molar-refractivity contribution in [1.29, 1.82) is 0 Å². The molecule has 0 radical (unpaired) electrons. The Kier molecular flexibility index (Phi) is 5.86. The minimum atomic E-state index is 0.253. The topological polar surface area (TPSA) is 56.3 Å². The highest BCUT2D eigenvalue weighted by Gasteiger charge is 2.13. The number of likely N-dealkylation sites (N-methyl/N-ethyl adjacent to an activating group) is 1. The van der Waals surface area contributed by atoms with Gasteiger partial charge in [-0.05, 0) is 20.9 Å². The van der Waals surface area contributed by atoms with E-state index < -0.39 is 0 Å². The Labute approximate surface area is 103 Å². The van der Waals surface area contributed by atoms with Gasteiger partial charge in [0.15, 0.2) is 0 Å². The molecule has 0 saturated carbocycles. The quantitative estimate of drug-likeness (QED) is 0.768. The van der Waals surface area contributed by atoms with Crippen molar-refractivity contribution in [3.8, 4) is 5.88 Å². The van der Waals surface area contributed by atoms with Gasteiger partial charge in [0.25, 0.3) is 0 Å². The van der Waals surface area contributed by atoms with Gasteiger partial charge in [-0.1, -0.05) is 0 Å². The van der Waals surface area contributed by atoms with Crippen LogP contribution >= 0.6 is 0 Å². The van der Waals surface area contributed by atoms with Gasteiger partial charge in [-0.15, -0.1) is 0 Å². The average Bonchev–Trinajstić information content (AvgIpc) is 2.33. The fourth-order valence-corrected chi connectivity index (χ4v) is 1.64. The highest BCUT2D eigenvalue weighted by Crippen LogP contribution is 2.17. The van der Waals surface area contributed by atoms with Gasteiger partial charge < -0.3 is 14.8 Å². The summed E-state index contributed by atoms with van der Waals surface area (Å²) in [5.41, 5.74) is 2.01. The van der Waals surface area contributed by atoms with E-state index in [-0.39, 0.29) is 6.04 Å². The van der Waals surface area contributed by atoms with Crippen LogP contribution in [0.1, 0.15) is 18.2 Å². The lowest BCUT2D eigenvalue weighted by Crippen LogP contribution is -2.32. The molecule has 0 bridgehead atoms. The molecule has 0 aromatic carbocycles. The van der Waals surface area contributed by atoms with Crippen molar-refractivity contribution in [3.63, 3.8) is 0 Å². The molecule has 0 fully saturated rings. The van der Waals surface area contributed by atoms with Crippen LogP contribution in [0.15, 0.2) is 6.33 Å². The minimum Gasteiger partial charge on any atom is -0.478 e. The van der Waals surface area contributed by atoms with Crippen LogP contribution < -0.4 is 10.1 Å². The highest BCUT2D eigenvalue weighted by molar-refractivity contribution is 5.28. The van der Waals surface area contributed by atoms with Gasteiger partial charge in [-0.3, -0.25) is 0 Å². The molecule has 1 unspecified atom stereocenters. The molecule has 0 aliphatic carbocycles. The SMILES string of the molecule is CCOc1ncnc(CC(COC)NC)c1C. The number of aromatic nitrogens is 2. The number of nitrogens with one attached hydrogen (secondary N) is 1. The Bertz CT molecular complexity index is 345. The van der Waals surface area contributed by atoms with Crippen LogP contribution in [-0.4, -0.2) is 43.4 Å². The first-order valence-electron chi connectivity index (χ1n) is 5.82. The van der Waals surface area contributed by atoms with E-state index in [1.807, 2.05) is 20.9 Å². The largest absolute Gasteiger partial charge is 0.478 e. The van der Waals surface area contributed by atoms with Crippen molar-refractivity contribution in [1.82, 2.24) is 15.3 Å². The maximum absolute atomic E-state index is 5.45. The molecule has 0 aliphatic heterocycles. The van der Waals surface area contributed by atoms with Gasteiger partial charge in [0, 0.05) is 25.1 Å². The molecule has 0 spiro atoms. The summed E-state index contributed by atoms with van der Waals surface area (Å²) in [5, 5.41) is 3.20. The van der Waals surface area contributed by atoms with Crippen molar-refractivity contribution < 1.29 is 9.47 Å². The Morgan fingerprint density at radius 2 is 2.18 bits per heavy atom. The van der Waals surface area contributed by atoms with E-state index in [0.29, 0.717) is 19.1 Å². The van der Waals surface area contributed by atoms with E-state index in [1.165, 1.54) is 0 Å². The number of nitrogens with zero attached hydrogens (tertiary/aromatic N) is 2. The lowest BCUT2D eigenvalue weighted by Gasteiger charge is -2.16. The Morgan fingerprint density at radius 3 is 2.76 bits per heavy atom. The van der Waals surface area contributed by atoms with E-state index in [2.05, 4.69) is 15.3 Å². The second-order valence-corrected chi connectivity index (χ2v) is 3.83. The standard InChI is InChI=1S/C12H21N3O2/c1-5-17-12-9(2)11(14-8-15-12)6-10(13-3)7-16-4/h8,10,13H,5-7H2,1-4H3. The van der Waals surface area contributed by atoms with E-state index in [4.69, 9.17) is 9.47 Å². The zero-order valence-electron chi connectivity index (χ0n) is 11.0. The third-order valence-corrected chi connectivity index (χ3v) is 2.64. The molecular formula is C12H21N3O2. The molecule has 96 valence electrons. The van der Waals surface area contributed by atoms with Gasteiger partial charge >= 0.3 is 0 Å². The summed E-state index contributed by atoms with van der Waals surface area (Å²) < 4.78 is 10.6. The van der Waals surface area contributed by atoms with Crippen molar-refractivity contribution in [3.05, 3.63) is 17.6 Å². The Morgan fingerprint density at radius 1 is 1.41 bits per heavy atom. The predicted octanol–water partition coefficient (Wildman–Crippen LogP) is 0.961. The first-order chi connectivity index (χ1) is 8.22. The first-order valence-corrected chi connectivity index (χ1v) is 5.82. The summed E-state index contributed by atoms with van der Waals surface area (Å²) in [6.45, 7) is 5.21. The zero-order chi connectivity index (χ0) is 12.7. The fraction of sp³-hybridized carbons (Fsp3) is 0.667. The molecule has 1 aromatic rings. The molecule has 0 amide bonds. The zero-order valence-corrected chi connectivity index (χ0v) is 11.0. The molecule has 1 aromatic heterocycles. The molecule has 5 heteroatoms. The van der Waals surface area contributed by atoms with Crippen LogP contribution in [0.5, 0.6) is 5.88 Å². The molecule has 0 saturated heterocycles. The number of hydrogen-bond donors (Lipinski definition) is 1. The van der Waals surface area contributed by atoms with Gasteiger partial charge in [-0.2, -0.15) is 0 Å². The Hall–Kier alpha value is -1.20. The van der Waals surface area contributed by atoms with Crippen molar-refractivity contribution in [2.24, 2.45) is 0 Å². The van der Waals surface area contributed by atoms with E-state index >= 15 is 0 Å². The van der Waals surface area contributed by atoms with Crippen LogP contribution in [0.4, 0.5) is 0 Å². The number of hydrogen-bond acceptors (Lipinski definition) is 5. The van der Waals surface area contributed by atoms with Crippen molar-refractivity contribution >= 4 is 0 Å². The molecule has 1 heterocycles. The molecule has 5 nitrogen and oxygen atoms in total. The molecular weight excluding hydrogens is 218 g/mol. The maximum atomic E-state index is 5.45. The monoisotopic (exact) mass is 239 g/mol. The van der Waals surface area contributed by atoms with Crippen LogP contribution in [-0.2, 0) is 11.2 Å². The lowest BCUT2D eigenvalue weighted by atomic mass is 10.1. The smallest absolute Gasteiger partial charge is 0.219 e. The number of methoxy groups -OCH3 is 1. The van der Waals surface area contributed by atoms with Crippen LogP contribution in [0.2, 0.25) is 0 Å². The normalized spacial score (nSPS) is 12.5. The molecule has 1 rings (SSSR count). The summed E-state index contributed by atoms with van der Waals surface area (Å²) in [6.07, 6.45) is 2.35. The minimum absolute atomic E-state index is 0.253. The lowest BCUT2D eigenvalue weighted by molar-refractivity contribution is 0.169. The molecule has 0 aliphatic rings. The number of ether oxygens (including phenoxy) is 2. The second-order valence-electron chi connectivity index (χ2n) is 3.83. The van der Waals surface area contributed by atoms with Gasteiger partial charge in [0.05, 0.1) is 18.9 Å². The van der Waals surface area contributed by atoms with Crippen molar-refractivity contribution in [2.45, 2.75) is 26.3 Å². The van der Waals surface area contributed by atoms with Crippen molar-refractivity contribution in [2.75, 3.05) is 27.4 Å². The fourth-order valence-electron chi connectivity index (χ4n) is 1.64. The molecule has 1 atom stereocenters. The van der Waals surface area contributed by atoms with Crippen LogP contribution in [0.25, 0.3) is 0 Å². The highest BCUT2D eigenvalue weighted by atomic mass is 16.5. The van der Waals surface area contributed by atoms with E-state index in [9.17, 15) is 0 Å². The van der Waals surface area contributed by atoms with Gasteiger partial charge in [0.1, 0.15) is 6.33 Å². The molecule has 17 heavy (non-hydrogen) atoms. The summed E-state index contributed by atoms with van der Waals surface area (Å²) in [4.78, 5) is 8.43. The van der Waals surface area contributed by atoms with E-state index in [0.717, 1.165) is 17.7 Å². The van der Waals surface area contributed by atoms with Crippen LogP contribution in [0, 0.1) is 6.92 Å². The second kappa shape index (κ2) is 7.19. The van der Waals surface area contributed by atoms with Crippen LogP contribution in [0.3, 0.4) is 0 Å². The third-order valence-electron chi connectivity index (χ3n) is 2.64. The van der Waals surface area contributed by atoms with Gasteiger partial charge in [-0.25, -0.2) is 9.97 Å². The first kappa shape index (κ1) is 13.9. The molecule has 1 N–H and O–H groups in total.